The number of hydrogen-bond donors (Lipinski definition) is 2. The number of benzene rings is 1. The van der Waals surface area contributed by atoms with Gasteiger partial charge in [-0.2, -0.15) is 0 Å². The van der Waals surface area contributed by atoms with Crippen LogP contribution in [0.25, 0.3) is 0 Å². The number of likely N-dealkylation sites (tertiary alicyclic amines) is 1. The third-order valence-electron chi connectivity index (χ3n) is 5.60. The molecule has 26 heavy (non-hydrogen) atoms. The van der Waals surface area contributed by atoms with Crippen LogP contribution in [0.15, 0.2) is 35.1 Å². The van der Waals surface area contributed by atoms with E-state index in [-0.39, 0.29) is 0 Å². The van der Waals surface area contributed by atoms with Gasteiger partial charge in [-0.25, -0.2) is 15.8 Å². The molecule has 3 N–H and O–H groups in total. The summed E-state index contributed by atoms with van der Waals surface area (Å²) in [7, 11) is 0. The summed E-state index contributed by atoms with van der Waals surface area (Å²) in [6, 6.07) is 9.16. The molecule has 2 aliphatic heterocycles. The van der Waals surface area contributed by atoms with E-state index >= 15 is 0 Å². The Labute approximate surface area is 162 Å². The largest absolute Gasteiger partial charge is 0.308 e. The van der Waals surface area contributed by atoms with Gasteiger partial charge >= 0.3 is 0 Å². The summed E-state index contributed by atoms with van der Waals surface area (Å²) in [5.41, 5.74) is 6.37. The lowest BCUT2D eigenvalue weighted by molar-refractivity contribution is 0.0935. The van der Waals surface area contributed by atoms with Gasteiger partial charge in [0.25, 0.3) is 0 Å². The van der Waals surface area contributed by atoms with Gasteiger partial charge in [-0.05, 0) is 44.0 Å². The maximum absolute atomic E-state index is 5.58. The average molecular weight is 417 g/mol. The van der Waals surface area contributed by atoms with Crippen molar-refractivity contribution in [3.05, 3.63) is 51.9 Å². The molecule has 138 valence electrons. The number of piperidine rings is 1. The molecule has 4 rings (SSSR count). The quantitative estimate of drug-likeness (QED) is 0.589. The molecule has 0 bridgehead atoms. The Kier molecular flexibility index (Phi) is 5.49. The molecule has 1 aromatic carbocycles. The lowest BCUT2D eigenvalue weighted by Crippen LogP contribution is -2.46. The minimum atomic E-state index is 0.642. The van der Waals surface area contributed by atoms with Crippen molar-refractivity contribution >= 4 is 21.7 Å². The molecule has 1 fully saturated rings. The highest BCUT2D eigenvalue weighted by molar-refractivity contribution is 9.10. The zero-order valence-electron chi connectivity index (χ0n) is 14.9. The van der Waals surface area contributed by atoms with Crippen molar-refractivity contribution in [1.29, 1.82) is 0 Å². The number of hydrogen-bond acceptors (Lipinski definition) is 6. The number of halogens is 1. The fourth-order valence-electron chi connectivity index (χ4n) is 4.12. The smallest absolute Gasteiger partial charge is 0.146 e. The molecule has 1 aromatic heterocycles. The molecular formula is C19H25BrN6. The highest BCUT2D eigenvalue weighted by Gasteiger charge is 2.29. The number of nitrogens with one attached hydrogen (secondary N) is 1. The van der Waals surface area contributed by atoms with Crippen LogP contribution in [0.3, 0.4) is 0 Å². The first-order chi connectivity index (χ1) is 12.7. The SMILES string of the molecule is NNc1ncnc2c1CCN(C1CCN(Cc3ccccc3Br)CC1)C2. The van der Waals surface area contributed by atoms with Gasteiger partial charge in [0.15, 0.2) is 0 Å². The Hall–Kier alpha value is -1.54. The van der Waals surface area contributed by atoms with Crippen molar-refractivity contribution in [1.82, 2.24) is 19.8 Å². The van der Waals surface area contributed by atoms with Crippen LogP contribution in [0.2, 0.25) is 0 Å². The molecule has 0 saturated carbocycles. The molecule has 1 saturated heterocycles. The normalized spacial score (nSPS) is 19.3. The molecule has 0 unspecified atom stereocenters. The molecule has 0 amide bonds. The molecule has 0 aliphatic carbocycles. The number of nitrogen functional groups attached to an aromatic ring is 1. The van der Waals surface area contributed by atoms with Crippen LogP contribution in [0.5, 0.6) is 0 Å². The number of nitrogens with zero attached hydrogens (tertiary/aromatic N) is 4. The summed E-state index contributed by atoms with van der Waals surface area (Å²) in [6.07, 6.45) is 5.00. The predicted octanol–water partition coefficient (Wildman–Crippen LogP) is 2.55. The van der Waals surface area contributed by atoms with Crippen molar-refractivity contribution in [3.63, 3.8) is 0 Å². The lowest BCUT2D eigenvalue weighted by Gasteiger charge is -2.40. The number of hydrazine groups is 1. The number of nitrogens with two attached hydrogens (primary N) is 1. The van der Waals surface area contributed by atoms with E-state index in [2.05, 4.69) is 65.4 Å². The molecule has 2 aliphatic rings. The van der Waals surface area contributed by atoms with Gasteiger partial charge in [-0.3, -0.25) is 9.80 Å². The first-order valence-corrected chi connectivity index (χ1v) is 10.0. The van der Waals surface area contributed by atoms with E-state index in [4.69, 9.17) is 5.84 Å². The van der Waals surface area contributed by atoms with E-state index in [1.807, 2.05) is 0 Å². The number of fused-ring (bicyclic) bond motifs is 1. The molecule has 0 atom stereocenters. The maximum atomic E-state index is 5.58. The first kappa shape index (κ1) is 17.9. The maximum Gasteiger partial charge on any atom is 0.146 e. The van der Waals surface area contributed by atoms with Crippen molar-refractivity contribution < 1.29 is 0 Å². The predicted molar refractivity (Wildman–Crippen MR) is 106 cm³/mol. The standard InChI is InChI=1S/C19H25BrN6/c20-17-4-2-1-3-14(17)11-25-8-5-15(6-9-25)26-10-7-16-18(12-26)22-13-23-19(16)24-21/h1-4,13,15H,5-12,21H2,(H,22,23,24). The number of anilines is 1. The van der Waals surface area contributed by atoms with Gasteiger partial charge in [0.2, 0.25) is 0 Å². The van der Waals surface area contributed by atoms with Crippen LogP contribution in [-0.4, -0.2) is 45.4 Å². The van der Waals surface area contributed by atoms with E-state index in [0.717, 1.165) is 50.7 Å². The van der Waals surface area contributed by atoms with Gasteiger partial charge < -0.3 is 5.43 Å². The third kappa shape index (κ3) is 3.76. The van der Waals surface area contributed by atoms with E-state index in [1.54, 1.807) is 6.33 Å². The molecule has 2 aromatic rings. The number of rotatable bonds is 4. The van der Waals surface area contributed by atoms with Crippen LogP contribution in [0.1, 0.15) is 29.7 Å². The fourth-order valence-corrected chi connectivity index (χ4v) is 4.53. The van der Waals surface area contributed by atoms with E-state index in [0.29, 0.717) is 6.04 Å². The van der Waals surface area contributed by atoms with Crippen molar-refractivity contribution in [2.24, 2.45) is 5.84 Å². The zero-order valence-corrected chi connectivity index (χ0v) is 16.5. The molecule has 7 heteroatoms. The summed E-state index contributed by atoms with van der Waals surface area (Å²) in [4.78, 5) is 13.9. The highest BCUT2D eigenvalue weighted by Crippen LogP contribution is 2.27. The second kappa shape index (κ2) is 8.00. The van der Waals surface area contributed by atoms with E-state index in [1.165, 1.54) is 28.4 Å². The Bertz CT molecular complexity index is 759. The monoisotopic (exact) mass is 416 g/mol. The van der Waals surface area contributed by atoms with Gasteiger partial charge in [0.05, 0.1) is 5.69 Å². The van der Waals surface area contributed by atoms with Crippen LogP contribution in [-0.2, 0) is 19.5 Å². The molecule has 6 nitrogen and oxygen atoms in total. The van der Waals surface area contributed by atoms with Crippen molar-refractivity contribution in [2.45, 2.75) is 38.4 Å². The Morgan fingerprint density at radius 1 is 1.15 bits per heavy atom. The molecule has 0 radical (unpaired) electrons. The third-order valence-corrected chi connectivity index (χ3v) is 6.37. The van der Waals surface area contributed by atoms with Crippen molar-refractivity contribution in [2.75, 3.05) is 25.1 Å². The second-order valence-corrected chi connectivity index (χ2v) is 7.97. The van der Waals surface area contributed by atoms with Gasteiger partial charge in [0, 0.05) is 35.7 Å². The zero-order chi connectivity index (χ0) is 17.9. The summed E-state index contributed by atoms with van der Waals surface area (Å²) >= 11 is 3.66. The van der Waals surface area contributed by atoms with E-state index in [9.17, 15) is 0 Å². The second-order valence-electron chi connectivity index (χ2n) is 7.11. The Morgan fingerprint density at radius 2 is 1.96 bits per heavy atom. The van der Waals surface area contributed by atoms with E-state index < -0.39 is 0 Å². The Balaban J connectivity index is 1.35. The Morgan fingerprint density at radius 3 is 2.73 bits per heavy atom. The summed E-state index contributed by atoms with van der Waals surface area (Å²) < 4.78 is 1.21. The van der Waals surface area contributed by atoms with Gasteiger partial charge in [0.1, 0.15) is 12.1 Å². The molecule has 0 spiro atoms. The number of aromatic nitrogens is 2. The van der Waals surface area contributed by atoms with Gasteiger partial charge in [-0.15, -0.1) is 0 Å². The lowest BCUT2D eigenvalue weighted by atomic mass is 9.98. The minimum absolute atomic E-state index is 0.642. The van der Waals surface area contributed by atoms with Crippen LogP contribution >= 0.6 is 15.9 Å². The fraction of sp³-hybridized carbons (Fsp3) is 0.474. The van der Waals surface area contributed by atoms with Crippen molar-refractivity contribution in [3.8, 4) is 0 Å². The summed E-state index contributed by atoms with van der Waals surface area (Å²) in [5, 5.41) is 0. The van der Waals surface area contributed by atoms with Crippen LogP contribution in [0.4, 0.5) is 5.82 Å². The average Bonchev–Trinajstić information content (AvgIpc) is 2.69. The first-order valence-electron chi connectivity index (χ1n) is 9.24. The minimum Gasteiger partial charge on any atom is -0.308 e. The summed E-state index contributed by atoms with van der Waals surface area (Å²) in [6.45, 7) is 5.28. The summed E-state index contributed by atoms with van der Waals surface area (Å²) in [5.74, 6) is 6.35. The highest BCUT2D eigenvalue weighted by atomic mass is 79.9. The van der Waals surface area contributed by atoms with Gasteiger partial charge in [-0.1, -0.05) is 34.1 Å². The molecular weight excluding hydrogens is 392 g/mol. The molecule has 3 heterocycles. The van der Waals surface area contributed by atoms with Crippen LogP contribution in [0, 0.1) is 0 Å². The topological polar surface area (TPSA) is 70.3 Å². The van der Waals surface area contributed by atoms with Crippen LogP contribution < -0.4 is 11.3 Å².